The Morgan fingerprint density at radius 1 is 1.10 bits per heavy atom. The molecule has 1 amide bonds. The van der Waals surface area contributed by atoms with Crippen LogP contribution in [0.3, 0.4) is 0 Å². The van der Waals surface area contributed by atoms with Gasteiger partial charge in [-0.05, 0) is 55.3 Å². The fourth-order valence-corrected chi connectivity index (χ4v) is 4.72. The van der Waals surface area contributed by atoms with E-state index in [4.69, 9.17) is 4.74 Å². The molecule has 2 aromatic rings. The molecule has 0 radical (unpaired) electrons. The Hall–Kier alpha value is -2.42. The van der Waals surface area contributed by atoms with E-state index in [2.05, 4.69) is 21.8 Å². The van der Waals surface area contributed by atoms with E-state index in [-0.39, 0.29) is 16.8 Å². The van der Waals surface area contributed by atoms with Crippen molar-refractivity contribution >= 4 is 21.6 Å². The molecule has 0 saturated carbocycles. The standard InChI is InChI=1S/C23H31N3O4S/c1-4-18(2)24-31(28,29)22-11-7-20(8-12-22)23(27)25(3)17-19-5-9-21(10-6-19)26-13-15-30-16-14-26/h5-12,18,24H,4,13-17H2,1-3H3. The first-order valence-electron chi connectivity index (χ1n) is 10.6. The van der Waals surface area contributed by atoms with Crippen molar-refractivity contribution in [2.75, 3.05) is 38.3 Å². The quantitative estimate of drug-likeness (QED) is 0.676. The molecule has 168 valence electrons. The average molecular weight is 446 g/mol. The van der Waals surface area contributed by atoms with Crippen molar-refractivity contribution in [2.24, 2.45) is 0 Å². The Morgan fingerprint density at radius 2 is 1.71 bits per heavy atom. The summed E-state index contributed by atoms with van der Waals surface area (Å²) in [5.74, 6) is -0.156. The van der Waals surface area contributed by atoms with Crippen LogP contribution in [0.4, 0.5) is 5.69 Å². The fraction of sp³-hybridized carbons (Fsp3) is 0.435. The van der Waals surface area contributed by atoms with E-state index in [9.17, 15) is 13.2 Å². The van der Waals surface area contributed by atoms with Crippen LogP contribution < -0.4 is 9.62 Å². The van der Waals surface area contributed by atoms with Gasteiger partial charge in [0, 0.05) is 44.0 Å². The normalized spacial score (nSPS) is 15.5. The summed E-state index contributed by atoms with van der Waals surface area (Å²) in [4.78, 5) is 16.9. The summed E-state index contributed by atoms with van der Waals surface area (Å²) >= 11 is 0. The summed E-state index contributed by atoms with van der Waals surface area (Å²) < 4.78 is 32.8. The Bertz CT molecular complexity index is 969. The first-order chi connectivity index (χ1) is 14.8. The summed E-state index contributed by atoms with van der Waals surface area (Å²) in [6.07, 6.45) is 0.702. The lowest BCUT2D eigenvalue weighted by atomic mass is 10.1. The van der Waals surface area contributed by atoms with Gasteiger partial charge in [-0.25, -0.2) is 13.1 Å². The number of hydrogen-bond acceptors (Lipinski definition) is 5. The molecule has 1 fully saturated rings. The largest absolute Gasteiger partial charge is 0.378 e. The van der Waals surface area contributed by atoms with Crippen LogP contribution in [-0.4, -0.2) is 58.6 Å². The number of carbonyl (C=O) groups excluding carboxylic acids is 1. The van der Waals surface area contributed by atoms with Crippen molar-refractivity contribution in [3.8, 4) is 0 Å². The zero-order valence-corrected chi connectivity index (χ0v) is 19.2. The van der Waals surface area contributed by atoms with E-state index in [1.54, 1.807) is 24.1 Å². The third kappa shape index (κ3) is 6.06. The summed E-state index contributed by atoms with van der Waals surface area (Å²) in [6, 6.07) is 14.1. The summed E-state index contributed by atoms with van der Waals surface area (Å²) in [5, 5.41) is 0. The second kappa shape index (κ2) is 10.3. The minimum absolute atomic E-state index is 0.146. The number of ether oxygens (including phenoxy) is 1. The van der Waals surface area contributed by atoms with Crippen LogP contribution in [0.5, 0.6) is 0 Å². The molecule has 1 unspecified atom stereocenters. The van der Waals surface area contributed by atoms with Crippen molar-refractivity contribution in [3.05, 3.63) is 59.7 Å². The van der Waals surface area contributed by atoms with Gasteiger partial charge in [0.15, 0.2) is 0 Å². The van der Waals surface area contributed by atoms with E-state index >= 15 is 0 Å². The molecular weight excluding hydrogens is 414 g/mol. The van der Waals surface area contributed by atoms with Crippen LogP contribution >= 0.6 is 0 Å². The highest BCUT2D eigenvalue weighted by molar-refractivity contribution is 7.89. The Labute approximate surface area is 185 Å². The monoisotopic (exact) mass is 445 g/mol. The van der Waals surface area contributed by atoms with Crippen molar-refractivity contribution < 1.29 is 17.9 Å². The number of amides is 1. The Kier molecular flexibility index (Phi) is 7.69. The molecule has 1 atom stereocenters. The zero-order chi connectivity index (χ0) is 22.4. The molecule has 0 aromatic heterocycles. The molecule has 0 spiro atoms. The van der Waals surface area contributed by atoms with Gasteiger partial charge >= 0.3 is 0 Å². The van der Waals surface area contributed by atoms with Gasteiger partial charge < -0.3 is 14.5 Å². The highest BCUT2D eigenvalue weighted by Crippen LogP contribution is 2.18. The minimum Gasteiger partial charge on any atom is -0.378 e. The van der Waals surface area contributed by atoms with Crippen molar-refractivity contribution in [1.29, 1.82) is 0 Å². The fourth-order valence-electron chi connectivity index (χ4n) is 3.39. The lowest BCUT2D eigenvalue weighted by Gasteiger charge is -2.29. The van der Waals surface area contributed by atoms with Crippen LogP contribution in [0.25, 0.3) is 0 Å². The number of nitrogens with one attached hydrogen (secondary N) is 1. The van der Waals surface area contributed by atoms with Crippen molar-refractivity contribution in [3.63, 3.8) is 0 Å². The molecule has 1 N–H and O–H groups in total. The number of carbonyl (C=O) groups is 1. The molecule has 8 heteroatoms. The minimum atomic E-state index is -3.58. The maximum absolute atomic E-state index is 12.8. The first kappa shape index (κ1) is 23.2. The Morgan fingerprint density at radius 3 is 2.29 bits per heavy atom. The van der Waals surface area contributed by atoms with Gasteiger partial charge in [0.05, 0.1) is 18.1 Å². The van der Waals surface area contributed by atoms with Gasteiger partial charge in [-0.1, -0.05) is 19.1 Å². The van der Waals surface area contributed by atoms with E-state index in [1.165, 1.54) is 12.1 Å². The van der Waals surface area contributed by atoms with Gasteiger partial charge in [-0.15, -0.1) is 0 Å². The van der Waals surface area contributed by atoms with Crippen LogP contribution in [-0.2, 0) is 21.3 Å². The van der Waals surface area contributed by atoms with Crippen molar-refractivity contribution in [2.45, 2.75) is 37.8 Å². The third-order valence-electron chi connectivity index (χ3n) is 5.46. The van der Waals surface area contributed by atoms with Crippen molar-refractivity contribution in [1.82, 2.24) is 9.62 Å². The predicted octanol–water partition coefficient (Wildman–Crippen LogP) is 2.87. The van der Waals surface area contributed by atoms with Crippen LogP contribution in [0.1, 0.15) is 36.2 Å². The molecule has 3 rings (SSSR count). The summed E-state index contributed by atoms with van der Waals surface area (Å²) in [7, 11) is -1.84. The highest BCUT2D eigenvalue weighted by atomic mass is 32.2. The molecule has 1 saturated heterocycles. The number of nitrogens with zero attached hydrogens (tertiary/aromatic N) is 2. The van der Waals surface area contributed by atoms with Gasteiger partial charge in [0.2, 0.25) is 10.0 Å². The number of hydrogen-bond donors (Lipinski definition) is 1. The number of sulfonamides is 1. The summed E-state index contributed by atoms with van der Waals surface area (Å²) in [5.41, 5.74) is 2.64. The zero-order valence-electron chi connectivity index (χ0n) is 18.4. The summed E-state index contributed by atoms with van der Waals surface area (Å²) in [6.45, 7) is 7.46. The predicted molar refractivity (Wildman–Crippen MR) is 122 cm³/mol. The lowest BCUT2D eigenvalue weighted by molar-refractivity contribution is 0.0785. The van der Waals surface area contributed by atoms with E-state index in [0.29, 0.717) is 18.5 Å². The molecule has 1 heterocycles. The first-order valence-corrected chi connectivity index (χ1v) is 12.1. The molecule has 0 aliphatic carbocycles. The molecule has 7 nitrogen and oxygen atoms in total. The molecule has 1 aliphatic heterocycles. The number of morpholine rings is 1. The Balaban J connectivity index is 1.62. The number of rotatable bonds is 8. The van der Waals surface area contributed by atoms with Crippen LogP contribution in [0.2, 0.25) is 0 Å². The van der Waals surface area contributed by atoms with E-state index < -0.39 is 10.0 Å². The third-order valence-corrected chi connectivity index (χ3v) is 7.06. The van der Waals surface area contributed by atoms with E-state index in [1.807, 2.05) is 26.0 Å². The van der Waals surface area contributed by atoms with E-state index in [0.717, 1.165) is 37.6 Å². The average Bonchev–Trinajstić information content (AvgIpc) is 2.79. The van der Waals surface area contributed by atoms with Gasteiger partial charge in [-0.2, -0.15) is 0 Å². The molecule has 0 bridgehead atoms. The maximum Gasteiger partial charge on any atom is 0.253 e. The second-order valence-electron chi connectivity index (χ2n) is 7.88. The molecule has 31 heavy (non-hydrogen) atoms. The lowest BCUT2D eigenvalue weighted by Crippen LogP contribution is -2.36. The SMILES string of the molecule is CCC(C)NS(=O)(=O)c1ccc(C(=O)N(C)Cc2ccc(N3CCOCC3)cc2)cc1. The topological polar surface area (TPSA) is 79.0 Å². The highest BCUT2D eigenvalue weighted by Gasteiger charge is 2.18. The van der Waals surface area contributed by atoms with Gasteiger partial charge in [0.1, 0.15) is 0 Å². The second-order valence-corrected chi connectivity index (χ2v) is 9.60. The molecular formula is C23H31N3O4S. The van der Waals surface area contributed by atoms with Gasteiger partial charge in [-0.3, -0.25) is 4.79 Å². The molecule has 2 aromatic carbocycles. The smallest absolute Gasteiger partial charge is 0.253 e. The maximum atomic E-state index is 12.8. The number of anilines is 1. The molecule has 1 aliphatic rings. The number of benzene rings is 2. The van der Waals surface area contributed by atoms with Crippen LogP contribution in [0.15, 0.2) is 53.4 Å². The van der Waals surface area contributed by atoms with Crippen LogP contribution in [0, 0.1) is 0 Å². The van der Waals surface area contributed by atoms with Gasteiger partial charge in [0.25, 0.3) is 5.91 Å².